The normalized spacial score (nSPS) is 9.86. The molecule has 0 saturated carbocycles. The van der Waals surface area contributed by atoms with E-state index >= 15 is 0 Å². The summed E-state index contributed by atoms with van der Waals surface area (Å²) in [4.78, 5) is 4.22. The van der Waals surface area contributed by atoms with Crippen LogP contribution in [0.1, 0.15) is 32.3 Å². The summed E-state index contributed by atoms with van der Waals surface area (Å²) in [5.74, 6) is 0.827. The van der Waals surface area contributed by atoms with Gasteiger partial charge >= 0.3 is 0 Å². The molecule has 0 aliphatic carbocycles. The van der Waals surface area contributed by atoms with Crippen molar-refractivity contribution in [2.24, 2.45) is 0 Å². The van der Waals surface area contributed by atoms with Crippen LogP contribution in [0.5, 0.6) is 0 Å². The smallest absolute Gasteiger partial charge is 0.135 e. The summed E-state index contributed by atoms with van der Waals surface area (Å²) < 4.78 is 0. The molecule has 0 radical (unpaired) electrons. The minimum absolute atomic E-state index is 0.553. The van der Waals surface area contributed by atoms with E-state index < -0.39 is 0 Å². The first-order chi connectivity index (χ1) is 6.75. The molecular formula is C11H17N3. The van der Waals surface area contributed by atoms with E-state index in [-0.39, 0.29) is 0 Å². The highest BCUT2D eigenvalue weighted by atomic mass is 15.0. The Balaban J connectivity index is 2.69. The van der Waals surface area contributed by atoms with Crippen LogP contribution in [-0.2, 0) is 0 Å². The van der Waals surface area contributed by atoms with Crippen molar-refractivity contribution in [3.8, 4) is 0 Å². The van der Waals surface area contributed by atoms with Crippen molar-refractivity contribution in [3.63, 3.8) is 0 Å². The third-order valence-corrected chi connectivity index (χ3v) is 2.03. The summed E-state index contributed by atoms with van der Waals surface area (Å²) >= 11 is 0. The van der Waals surface area contributed by atoms with Gasteiger partial charge in [0.15, 0.2) is 0 Å². The predicted octanol–water partition coefficient (Wildman–Crippen LogP) is 2.68. The number of unbranched alkanes of at least 4 members (excludes halogenated alkanes) is 1. The number of rotatable bonds is 5. The Morgan fingerprint density at radius 2 is 2.36 bits per heavy atom. The topological polar surface area (TPSA) is 48.8 Å². The van der Waals surface area contributed by atoms with E-state index in [9.17, 15) is 0 Å². The summed E-state index contributed by atoms with van der Waals surface area (Å²) in [7, 11) is 0. The number of nitrogens with zero attached hydrogens (tertiary/aromatic N) is 1. The van der Waals surface area contributed by atoms with Crippen molar-refractivity contribution in [2.45, 2.75) is 26.7 Å². The van der Waals surface area contributed by atoms with Crippen LogP contribution in [-0.4, -0.2) is 17.2 Å². The lowest BCUT2D eigenvalue weighted by Crippen LogP contribution is -2.07. The Morgan fingerprint density at radius 3 is 3.00 bits per heavy atom. The highest BCUT2D eigenvalue weighted by Crippen LogP contribution is 2.11. The van der Waals surface area contributed by atoms with Gasteiger partial charge in [-0.25, -0.2) is 4.98 Å². The van der Waals surface area contributed by atoms with Crippen molar-refractivity contribution in [1.29, 1.82) is 5.41 Å². The fraction of sp³-hybridized carbons (Fsp3) is 0.455. The number of anilines is 1. The van der Waals surface area contributed by atoms with Crippen LogP contribution in [0.25, 0.3) is 0 Å². The van der Waals surface area contributed by atoms with Gasteiger partial charge in [0, 0.05) is 24.0 Å². The highest BCUT2D eigenvalue weighted by molar-refractivity contribution is 6.00. The standard InChI is InChI=1S/C11H17N3/c1-3-4-7-13-11-10(9(2)12)6-5-8-14-11/h5-6,8,12H,3-4,7H2,1-2H3,(H,13,14). The van der Waals surface area contributed by atoms with Crippen LogP contribution in [0, 0.1) is 5.41 Å². The molecule has 0 amide bonds. The van der Waals surface area contributed by atoms with Gasteiger partial charge in [0.2, 0.25) is 0 Å². The molecule has 0 saturated heterocycles. The molecule has 3 heteroatoms. The number of pyridine rings is 1. The maximum absolute atomic E-state index is 7.58. The molecule has 2 N–H and O–H groups in total. The number of nitrogens with one attached hydrogen (secondary N) is 2. The van der Waals surface area contributed by atoms with Crippen molar-refractivity contribution >= 4 is 11.5 Å². The van der Waals surface area contributed by atoms with Crippen molar-refractivity contribution in [2.75, 3.05) is 11.9 Å². The van der Waals surface area contributed by atoms with Gasteiger partial charge in [0.1, 0.15) is 5.82 Å². The van der Waals surface area contributed by atoms with Gasteiger partial charge in [-0.05, 0) is 25.5 Å². The Hall–Kier alpha value is -1.38. The molecule has 1 rings (SSSR count). The zero-order chi connectivity index (χ0) is 10.4. The predicted molar refractivity (Wildman–Crippen MR) is 60.1 cm³/mol. The molecule has 14 heavy (non-hydrogen) atoms. The van der Waals surface area contributed by atoms with Gasteiger partial charge in [-0.1, -0.05) is 13.3 Å². The summed E-state index contributed by atoms with van der Waals surface area (Å²) in [6.45, 7) is 4.86. The van der Waals surface area contributed by atoms with Gasteiger partial charge in [0.25, 0.3) is 0 Å². The Kier molecular flexibility index (Phi) is 4.11. The molecule has 0 fully saturated rings. The number of aromatic nitrogens is 1. The second-order valence-corrected chi connectivity index (χ2v) is 3.30. The van der Waals surface area contributed by atoms with Crippen molar-refractivity contribution in [3.05, 3.63) is 23.9 Å². The fourth-order valence-electron chi connectivity index (χ4n) is 1.23. The summed E-state index contributed by atoms with van der Waals surface area (Å²) in [5.41, 5.74) is 1.45. The van der Waals surface area contributed by atoms with Crippen LogP contribution < -0.4 is 5.32 Å². The minimum Gasteiger partial charge on any atom is -0.370 e. The second kappa shape index (κ2) is 5.37. The van der Waals surface area contributed by atoms with E-state index in [0.717, 1.165) is 24.3 Å². The minimum atomic E-state index is 0.553. The first-order valence-electron chi connectivity index (χ1n) is 5.00. The zero-order valence-corrected chi connectivity index (χ0v) is 8.80. The molecule has 0 bridgehead atoms. The Morgan fingerprint density at radius 1 is 1.57 bits per heavy atom. The summed E-state index contributed by atoms with van der Waals surface area (Å²) in [6.07, 6.45) is 4.05. The van der Waals surface area contributed by atoms with E-state index in [1.807, 2.05) is 12.1 Å². The molecule has 76 valence electrons. The van der Waals surface area contributed by atoms with Gasteiger partial charge in [-0.15, -0.1) is 0 Å². The monoisotopic (exact) mass is 191 g/mol. The van der Waals surface area contributed by atoms with E-state index in [0.29, 0.717) is 5.71 Å². The number of hydrogen-bond donors (Lipinski definition) is 2. The average Bonchev–Trinajstić information content (AvgIpc) is 2.19. The van der Waals surface area contributed by atoms with Crippen LogP contribution >= 0.6 is 0 Å². The first kappa shape index (κ1) is 10.7. The van der Waals surface area contributed by atoms with E-state index in [1.165, 1.54) is 6.42 Å². The molecule has 0 unspecified atom stereocenters. The summed E-state index contributed by atoms with van der Waals surface area (Å²) in [6, 6.07) is 3.78. The third kappa shape index (κ3) is 2.83. The molecule has 0 atom stereocenters. The van der Waals surface area contributed by atoms with E-state index in [4.69, 9.17) is 5.41 Å². The molecule has 0 aromatic carbocycles. The lowest BCUT2D eigenvalue weighted by molar-refractivity contribution is 0.831. The molecular weight excluding hydrogens is 174 g/mol. The first-order valence-corrected chi connectivity index (χ1v) is 5.00. The van der Waals surface area contributed by atoms with Crippen LogP contribution in [0.4, 0.5) is 5.82 Å². The molecule has 0 aliphatic rings. The molecule has 0 spiro atoms. The van der Waals surface area contributed by atoms with Gasteiger partial charge < -0.3 is 10.7 Å². The highest BCUT2D eigenvalue weighted by Gasteiger charge is 2.03. The number of hydrogen-bond acceptors (Lipinski definition) is 3. The Labute approximate surface area is 85.1 Å². The van der Waals surface area contributed by atoms with Gasteiger partial charge in [-0.2, -0.15) is 0 Å². The van der Waals surface area contributed by atoms with Gasteiger partial charge in [0.05, 0.1) is 0 Å². The maximum Gasteiger partial charge on any atom is 0.135 e. The maximum atomic E-state index is 7.58. The SMILES string of the molecule is CCCCNc1ncccc1C(C)=N. The van der Waals surface area contributed by atoms with Gasteiger partial charge in [-0.3, -0.25) is 0 Å². The third-order valence-electron chi connectivity index (χ3n) is 2.03. The van der Waals surface area contributed by atoms with E-state index in [2.05, 4.69) is 17.2 Å². The summed E-state index contributed by atoms with van der Waals surface area (Å²) in [5, 5.41) is 10.8. The fourth-order valence-corrected chi connectivity index (χ4v) is 1.23. The molecule has 1 heterocycles. The molecule has 1 aromatic rings. The van der Waals surface area contributed by atoms with Crippen molar-refractivity contribution in [1.82, 2.24) is 4.98 Å². The average molecular weight is 191 g/mol. The van der Waals surface area contributed by atoms with E-state index in [1.54, 1.807) is 13.1 Å². The molecule has 1 aromatic heterocycles. The van der Waals surface area contributed by atoms with Crippen LogP contribution in [0.2, 0.25) is 0 Å². The zero-order valence-electron chi connectivity index (χ0n) is 8.80. The largest absolute Gasteiger partial charge is 0.370 e. The van der Waals surface area contributed by atoms with Crippen LogP contribution in [0.15, 0.2) is 18.3 Å². The molecule has 0 aliphatic heterocycles. The quantitative estimate of drug-likeness (QED) is 0.555. The second-order valence-electron chi connectivity index (χ2n) is 3.30. The van der Waals surface area contributed by atoms with Crippen molar-refractivity contribution < 1.29 is 0 Å². The van der Waals surface area contributed by atoms with Crippen LogP contribution in [0.3, 0.4) is 0 Å². The molecule has 3 nitrogen and oxygen atoms in total. The lowest BCUT2D eigenvalue weighted by atomic mass is 10.2. The Bertz CT molecular complexity index is 307. The lowest BCUT2D eigenvalue weighted by Gasteiger charge is -2.08.